The van der Waals surface area contributed by atoms with Crippen molar-refractivity contribution in [3.05, 3.63) is 69.5 Å². The Bertz CT molecular complexity index is 1070. The number of hydrogen-bond donors (Lipinski definition) is 0. The Balaban J connectivity index is 1.72. The topological polar surface area (TPSA) is 56.5 Å². The van der Waals surface area contributed by atoms with Crippen molar-refractivity contribution in [2.75, 3.05) is 0 Å². The first kappa shape index (κ1) is 13.9. The molecule has 4 rings (SSSR count). The highest BCUT2D eigenvalue weighted by Gasteiger charge is 2.11. The number of fused-ring (bicyclic) bond motifs is 2. The van der Waals surface area contributed by atoms with Gasteiger partial charge in [0.05, 0.1) is 10.9 Å². The van der Waals surface area contributed by atoms with Gasteiger partial charge in [0, 0.05) is 0 Å². The quantitative estimate of drug-likeness (QED) is 0.581. The van der Waals surface area contributed by atoms with Gasteiger partial charge in [-0.3, -0.25) is 4.79 Å². The van der Waals surface area contributed by atoms with Gasteiger partial charge in [-0.05, 0) is 30.7 Å². The van der Waals surface area contributed by atoms with Gasteiger partial charge in [-0.1, -0.05) is 41.7 Å². The van der Waals surface area contributed by atoms with E-state index in [9.17, 15) is 4.79 Å². The van der Waals surface area contributed by atoms with E-state index in [-0.39, 0.29) is 5.56 Å². The van der Waals surface area contributed by atoms with E-state index >= 15 is 0 Å². The summed E-state index contributed by atoms with van der Waals surface area (Å²) in [6.45, 7) is 2.31. The molecule has 0 amide bonds. The zero-order valence-electron chi connectivity index (χ0n) is 12.4. The lowest BCUT2D eigenvalue weighted by Crippen LogP contribution is -2.15. The van der Waals surface area contributed by atoms with Crippen molar-refractivity contribution in [2.45, 2.75) is 13.5 Å². The van der Waals surface area contributed by atoms with Gasteiger partial charge >= 0.3 is 0 Å². The van der Waals surface area contributed by atoms with Crippen molar-refractivity contribution < 1.29 is 4.74 Å². The van der Waals surface area contributed by atoms with Crippen molar-refractivity contribution in [2.24, 2.45) is 0 Å². The van der Waals surface area contributed by atoms with Crippen LogP contribution in [-0.2, 0) is 6.61 Å². The summed E-state index contributed by atoms with van der Waals surface area (Å²) < 4.78 is 7.15. The van der Waals surface area contributed by atoms with E-state index in [2.05, 4.69) is 10.1 Å². The van der Waals surface area contributed by atoms with Gasteiger partial charge in [0.2, 0.25) is 4.96 Å². The van der Waals surface area contributed by atoms with Crippen molar-refractivity contribution in [1.82, 2.24) is 14.6 Å². The second kappa shape index (κ2) is 5.48. The summed E-state index contributed by atoms with van der Waals surface area (Å²) in [4.78, 5) is 17.5. The summed E-state index contributed by atoms with van der Waals surface area (Å²) in [6, 6.07) is 15.1. The summed E-state index contributed by atoms with van der Waals surface area (Å²) in [7, 11) is 0. The molecule has 0 atom stereocenters. The Labute approximate surface area is 135 Å². The average molecular weight is 323 g/mol. The predicted molar refractivity (Wildman–Crippen MR) is 90.2 cm³/mol. The molecule has 0 unspecified atom stereocenters. The standard InChI is InChI=1S/C17H13N3O2S/c1-11-6-2-5-9-14(11)22-10-15-19-20-16(21)12-7-3-4-8-13(12)18-17(20)23-15/h2-9H,10H2,1H3. The Kier molecular flexibility index (Phi) is 3.31. The van der Waals surface area contributed by atoms with Gasteiger partial charge in [-0.25, -0.2) is 4.98 Å². The Morgan fingerprint density at radius 1 is 1.13 bits per heavy atom. The molecule has 2 aromatic carbocycles. The molecular formula is C17H13N3O2S. The van der Waals surface area contributed by atoms with Crippen LogP contribution in [0.15, 0.2) is 53.3 Å². The fourth-order valence-electron chi connectivity index (χ4n) is 2.41. The highest BCUT2D eigenvalue weighted by molar-refractivity contribution is 7.16. The van der Waals surface area contributed by atoms with Crippen LogP contribution in [0.2, 0.25) is 0 Å². The maximum absolute atomic E-state index is 12.5. The second-order valence-corrected chi connectivity index (χ2v) is 6.22. The van der Waals surface area contributed by atoms with Crippen LogP contribution in [0.25, 0.3) is 15.9 Å². The van der Waals surface area contributed by atoms with Crippen LogP contribution < -0.4 is 10.3 Å². The van der Waals surface area contributed by atoms with Crippen LogP contribution in [0.5, 0.6) is 5.75 Å². The zero-order valence-corrected chi connectivity index (χ0v) is 13.2. The minimum atomic E-state index is -0.149. The van der Waals surface area contributed by atoms with Crippen LogP contribution >= 0.6 is 11.3 Å². The Morgan fingerprint density at radius 2 is 1.91 bits per heavy atom. The molecule has 23 heavy (non-hydrogen) atoms. The molecule has 0 saturated heterocycles. The van der Waals surface area contributed by atoms with Crippen LogP contribution in [0.3, 0.4) is 0 Å². The van der Waals surface area contributed by atoms with Crippen molar-refractivity contribution in [1.29, 1.82) is 0 Å². The Morgan fingerprint density at radius 3 is 2.78 bits per heavy atom. The average Bonchev–Trinajstić information content (AvgIpc) is 2.98. The lowest BCUT2D eigenvalue weighted by atomic mass is 10.2. The molecular weight excluding hydrogens is 310 g/mol. The van der Waals surface area contributed by atoms with E-state index in [1.807, 2.05) is 49.4 Å². The Hall–Kier alpha value is -2.73. The number of nitrogens with zero attached hydrogens (tertiary/aromatic N) is 3. The van der Waals surface area contributed by atoms with Gasteiger partial charge in [0.15, 0.2) is 5.01 Å². The molecule has 0 aliphatic carbocycles. The van der Waals surface area contributed by atoms with Gasteiger partial charge < -0.3 is 4.74 Å². The third-order valence-corrected chi connectivity index (χ3v) is 4.47. The van der Waals surface area contributed by atoms with Crippen molar-refractivity contribution in [3.63, 3.8) is 0 Å². The van der Waals surface area contributed by atoms with Gasteiger partial charge in [-0.15, -0.1) is 0 Å². The number of ether oxygens (including phenoxy) is 1. The lowest BCUT2D eigenvalue weighted by molar-refractivity contribution is 0.302. The van der Waals surface area contributed by atoms with Crippen LogP contribution in [-0.4, -0.2) is 14.6 Å². The number of para-hydroxylation sites is 2. The molecule has 0 saturated carbocycles. The minimum absolute atomic E-state index is 0.149. The summed E-state index contributed by atoms with van der Waals surface area (Å²) in [5.74, 6) is 0.817. The largest absolute Gasteiger partial charge is 0.486 e. The van der Waals surface area contributed by atoms with E-state index in [0.29, 0.717) is 27.5 Å². The molecule has 6 heteroatoms. The van der Waals surface area contributed by atoms with Crippen LogP contribution in [0.1, 0.15) is 10.6 Å². The van der Waals surface area contributed by atoms with Gasteiger partial charge in [0.1, 0.15) is 12.4 Å². The van der Waals surface area contributed by atoms with E-state index in [0.717, 1.165) is 11.3 Å². The fraction of sp³-hybridized carbons (Fsp3) is 0.118. The normalized spacial score (nSPS) is 11.2. The molecule has 4 aromatic rings. The third kappa shape index (κ3) is 2.47. The van der Waals surface area contributed by atoms with Gasteiger partial charge in [0.25, 0.3) is 5.56 Å². The molecule has 114 valence electrons. The van der Waals surface area contributed by atoms with Crippen LogP contribution in [0.4, 0.5) is 0 Å². The number of hydrogen-bond acceptors (Lipinski definition) is 5. The molecule has 0 spiro atoms. The first-order valence-corrected chi connectivity index (χ1v) is 8.00. The van der Waals surface area contributed by atoms with Crippen molar-refractivity contribution >= 4 is 27.2 Å². The van der Waals surface area contributed by atoms with E-state index in [4.69, 9.17) is 4.74 Å². The molecule has 0 radical (unpaired) electrons. The molecule has 0 aliphatic heterocycles. The third-order valence-electron chi connectivity index (χ3n) is 3.59. The minimum Gasteiger partial charge on any atom is -0.486 e. The molecule has 0 bridgehead atoms. The molecule has 5 nitrogen and oxygen atoms in total. The monoisotopic (exact) mass is 323 g/mol. The molecule has 2 aromatic heterocycles. The molecule has 0 N–H and O–H groups in total. The zero-order chi connectivity index (χ0) is 15.8. The van der Waals surface area contributed by atoms with E-state index in [1.54, 1.807) is 6.07 Å². The smallest absolute Gasteiger partial charge is 0.283 e. The predicted octanol–water partition coefficient (Wildman–Crippen LogP) is 3.19. The number of rotatable bonds is 3. The highest BCUT2D eigenvalue weighted by atomic mass is 32.1. The molecule has 0 fully saturated rings. The highest BCUT2D eigenvalue weighted by Crippen LogP contribution is 2.20. The summed E-state index contributed by atoms with van der Waals surface area (Å²) in [5.41, 5.74) is 1.60. The number of aryl methyl sites for hydroxylation is 1. The summed E-state index contributed by atoms with van der Waals surface area (Å²) in [6.07, 6.45) is 0. The van der Waals surface area contributed by atoms with E-state index in [1.165, 1.54) is 15.9 Å². The maximum atomic E-state index is 12.5. The summed E-state index contributed by atoms with van der Waals surface area (Å²) >= 11 is 1.37. The van der Waals surface area contributed by atoms with Crippen molar-refractivity contribution in [3.8, 4) is 5.75 Å². The second-order valence-electron chi connectivity index (χ2n) is 5.18. The maximum Gasteiger partial charge on any atom is 0.283 e. The SMILES string of the molecule is Cc1ccccc1OCc1nn2c(=O)c3ccccc3nc2s1. The summed E-state index contributed by atoms with van der Waals surface area (Å²) in [5, 5.41) is 5.63. The fourth-order valence-corrected chi connectivity index (χ4v) is 3.22. The first-order valence-electron chi connectivity index (χ1n) is 7.18. The molecule has 2 heterocycles. The lowest BCUT2D eigenvalue weighted by Gasteiger charge is -2.05. The van der Waals surface area contributed by atoms with Gasteiger partial charge in [-0.2, -0.15) is 9.61 Å². The number of aromatic nitrogens is 3. The number of benzene rings is 2. The van der Waals surface area contributed by atoms with E-state index < -0.39 is 0 Å². The first-order chi connectivity index (χ1) is 11.2. The van der Waals surface area contributed by atoms with Crippen LogP contribution in [0, 0.1) is 6.92 Å². The molecule has 0 aliphatic rings.